The Labute approximate surface area is 114 Å². The number of oxazole rings is 1. The molecule has 0 amide bonds. The number of aromatic nitrogens is 1. The quantitative estimate of drug-likeness (QED) is 0.640. The average Bonchev–Trinajstić information content (AvgIpc) is 2.73. The van der Waals surface area contributed by atoms with E-state index in [2.05, 4.69) is 40.8 Å². The highest BCUT2D eigenvalue weighted by Crippen LogP contribution is 2.30. The number of rotatable bonds is 1. The van der Waals surface area contributed by atoms with Crippen LogP contribution in [0.5, 0.6) is 0 Å². The van der Waals surface area contributed by atoms with Crippen molar-refractivity contribution in [3.8, 4) is 11.5 Å². The number of nitrogens with zero attached hydrogens (tertiary/aromatic N) is 1. The summed E-state index contributed by atoms with van der Waals surface area (Å²) >= 11 is 3.52. The molecule has 0 bridgehead atoms. The average molecular weight is 302 g/mol. The van der Waals surface area contributed by atoms with E-state index >= 15 is 0 Å². The Bertz CT molecular complexity index is 691. The van der Waals surface area contributed by atoms with Crippen molar-refractivity contribution >= 4 is 27.0 Å². The fourth-order valence-electron chi connectivity index (χ4n) is 1.93. The molecule has 2 nitrogen and oxygen atoms in total. The Hall–Kier alpha value is -1.61. The Balaban J connectivity index is 2.23. The molecule has 0 saturated heterocycles. The van der Waals surface area contributed by atoms with Gasteiger partial charge < -0.3 is 4.42 Å². The van der Waals surface area contributed by atoms with E-state index in [0.29, 0.717) is 5.89 Å². The van der Waals surface area contributed by atoms with E-state index in [4.69, 9.17) is 4.42 Å². The maximum atomic E-state index is 5.83. The van der Waals surface area contributed by atoms with Gasteiger partial charge in [0.15, 0.2) is 5.58 Å². The van der Waals surface area contributed by atoms with Crippen molar-refractivity contribution in [2.75, 3.05) is 0 Å². The smallest absolute Gasteiger partial charge is 0.228 e. The second kappa shape index (κ2) is 4.25. The van der Waals surface area contributed by atoms with Crippen LogP contribution in [0.1, 0.15) is 11.1 Å². The third-order valence-electron chi connectivity index (χ3n) is 3.11. The molecule has 0 fully saturated rings. The van der Waals surface area contributed by atoms with Crippen LogP contribution in [0.25, 0.3) is 22.6 Å². The highest BCUT2D eigenvalue weighted by atomic mass is 79.9. The number of fused-ring (bicyclic) bond motifs is 1. The fraction of sp³-hybridized carbons (Fsp3) is 0.133. The van der Waals surface area contributed by atoms with Crippen molar-refractivity contribution in [1.82, 2.24) is 4.98 Å². The summed E-state index contributed by atoms with van der Waals surface area (Å²) < 4.78 is 6.82. The van der Waals surface area contributed by atoms with Gasteiger partial charge in [0.25, 0.3) is 0 Å². The second-order valence-corrected chi connectivity index (χ2v) is 5.26. The van der Waals surface area contributed by atoms with Crippen LogP contribution in [-0.2, 0) is 0 Å². The molecule has 0 aliphatic heterocycles. The van der Waals surface area contributed by atoms with E-state index in [9.17, 15) is 0 Å². The van der Waals surface area contributed by atoms with E-state index in [0.717, 1.165) is 21.1 Å². The van der Waals surface area contributed by atoms with Crippen LogP contribution in [0.15, 0.2) is 45.3 Å². The summed E-state index contributed by atoms with van der Waals surface area (Å²) in [5, 5.41) is 0. The van der Waals surface area contributed by atoms with Crippen molar-refractivity contribution in [3.05, 3.63) is 52.0 Å². The number of hydrogen-bond acceptors (Lipinski definition) is 2. The molecular weight excluding hydrogens is 290 g/mol. The van der Waals surface area contributed by atoms with Crippen LogP contribution < -0.4 is 0 Å². The molecule has 0 aliphatic rings. The van der Waals surface area contributed by atoms with Crippen molar-refractivity contribution in [3.63, 3.8) is 0 Å². The Morgan fingerprint density at radius 2 is 1.78 bits per heavy atom. The number of hydrogen-bond donors (Lipinski definition) is 0. The molecule has 3 rings (SSSR count). The maximum absolute atomic E-state index is 5.83. The van der Waals surface area contributed by atoms with E-state index in [1.807, 2.05) is 30.3 Å². The van der Waals surface area contributed by atoms with Crippen LogP contribution in [-0.4, -0.2) is 4.98 Å². The van der Waals surface area contributed by atoms with Gasteiger partial charge in [0.1, 0.15) is 5.52 Å². The summed E-state index contributed by atoms with van der Waals surface area (Å²) in [4.78, 5) is 4.55. The number of benzene rings is 2. The van der Waals surface area contributed by atoms with E-state index in [1.54, 1.807) is 0 Å². The summed E-state index contributed by atoms with van der Waals surface area (Å²) in [6.45, 7) is 4.16. The summed E-state index contributed by atoms with van der Waals surface area (Å²) in [6.07, 6.45) is 0. The van der Waals surface area contributed by atoms with Crippen molar-refractivity contribution in [2.24, 2.45) is 0 Å². The molecule has 1 heterocycles. The zero-order chi connectivity index (χ0) is 12.7. The van der Waals surface area contributed by atoms with Crippen LogP contribution in [0.4, 0.5) is 0 Å². The normalized spacial score (nSPS) is 11.1. The Morgan fingerprint density at radius 1 is 1.06 bits per heavy atom. The van der Waals surface area contributed by atoms with Gasteiger partial charge in [-0.3, -0.25) is 0 Å². The van der Waals surface area contributed by atoms with Crippen molar-refractivity contribution in [1.29, 1.82) is 0 Å². The standard InChI is InChI=1S/C15H12BrNO/c1-9-7-13-14(8-10(9)2)18-15(17-13)11-5-3-4-6-12(11)16/h3-8H,1-2H3. The molecule has 3 aromatic rings. The molecule has 0 unspecified atom stereocenters. The summed E-state index contributed by atoms with van der Waals surface area (Å²) in [7, 11) is 0. The first-order valence-corrected chi connectivity index (χ1v) is 6.57. The minimum atomic E-state index is 0.655. The predicted octanol–water partition coefficient (Wildman–Crippen LogP) is 4.87. The molecule has 0 N–H and O–H groups in total. The monoisotopic (exact) mass is 301 g/mol. The molecule has 0 atom stereocenters. The lowest BCUT2D eigenvalue weighted by molar-refractivity contribution is 0.619. The summed E-state index contributed by atoms with van der Waals surface area (Å²) in [5.74, 6) is 0.655. The third-order valence-corrected chi connectivity index (χ3v) is 3.80. The third kappa shape index (κ3) is 1.85. The topological polar surface area (TPSA) is 26.0 Å². The fourth-order valence-corrected chi connectivity index (χ4v) is 2.38. The van der Waals surface area contributed by atoms with Gasteiger partial charge in [0.05, 0.1) is 5.56 Å². The van der Waals surface area contributed by atoms with Gasteiger partial charge in [-0.25, -0.2) is 4.98 Å². The highest BCUT2D eigenvalue weighted by Gasteiger charge is 2.11. The minimum absolute atomic E-state index is 0.655. The van der Waals surface area contributed by atoms with E-state index in [-0.39, 0.29) is 0 Å². The molecule has 0 spiro atoms. The highest BCUT2D eigenvalue weighted by molar-refractivity contribution is 9.10. The van der Waals surface area contributed by atoms with Crippen LogP contribution in [0.2, 0.25) is 0 Å². The molecule has 18 heavy (non-hydrogen) atoms. The van der Waals surface area contributed by atoms with Gasteiger partial charge >= 0.3 is 0 Å². The summed E-state index contributed by atoms with van der Waals surface area (Å²) in [5.41, 5.74) is 5.17. The van der Waals surface area contributed by atoms with Gasteiger partial charge in [0.2, 0.25) is 5.89 Å². The predicted molar refractivity (Wildman–Crippen MR) is 76.6 cm³/mol. The SMILES string of the molecule is Cc1cc2nc(-c3ccccc3Br)oc2cc1C. The molecule has 3 heteroatoms. The lowest BCUT2D eigenvalue weighted by atomic mass is 10.1. The lowest BCUT2D eigenvalue weighted by Gasteiger charge is -1.97. The Kier molecular flexibility index (Phi) is 2.71. The minimum Gasteiger partial charge on any atom is -0.436 e. The van der Waals surface area contributed by atoms with Gasteiger partial charge in [0, 0.05) is 4.47 Å². The summed E-state index contributed by atoms with van der Waals surface area (Å²) in [6, 6.07) is 12.0. The first-order chi connectivity index (χ1) is 8.65. The maximum Gasteiger partial charge on any atom is 0.228 e. The molecule has 90 valence electrons. The van der Waals surface area contributed by atoms with Gasteiger partial charge in [-0.15, -0.1) is 0 Å². The number of halogens is 1. The van der Waals surface area contributed by atoms with Crippen LogP contribution in [0, 0.1) is 13.8 Å². The first kappa shape index (κ1) is 11.5. The molecular formula is C15H12BrNO. The van der Waals surface area contributed by atoms with Crippen molar-refractivity contribution in [2.45, 2.75) is 13.8 Å². The first-order valence-electron chi connectivity index (χ1n) is 5.78. The van der Waals surface area contributed by atoms with Gasteiger partial charge in [-0.05, 0) is 65.2 Å². The molecule has 1 aromatic heterocycles. The largest absolute Gasteiger partial charge is 0.436 e. The van der Waals surface area contributed by atoms with Crippen LogP contribution in [0.3, 0.4) is 0 Å². The van der Waals surface area contributed by atoms with Crippen molar-refractivity contribution < 1.29 is 4.42 Å². The molecule has 0 saturated carbocycles. The number of aryl methyl sites for hydroxylation is 2. The van der Waals surface area contributed by atoms with Gasteiger partial charge in [-0.2, -0.15) is 0 Å². The Morgan fingerprint density at radius 3 is 2.56 bits per heavy atom. The van der Waals surface area contributed by atoms with E-state index in [1.165, 1.54) is 11.1 Å². The second-order valence-electron chi connectivity index (χ2n) is 4.40. The van der Waals surface area contributed by atoms with Crippen LogP contribution >= 0.6 is 15.9 Å². The zero-order valence-electron chi connectivity index (χ0n) is 10.2. The lowest BCUT2D eigenvalue weighted by Crippen LogP contribution is -1.80. The zero-order valence-corrected chi connectivity index (χ0v) is 11.8. The molecule has 0 radical (unpaired) electrons. The molecule has 2 aromatic carbocycles. The van der Waals surface area contributed by atoms with E-state index < -0.39 is 0 Å². The molecule has 0 aliphatic carbocycles. The van der Waals surface area contributed by atoms with Gasteiger partial charge in [-0.1, -0.05) is 12.1 Å².